The summed E-state index contributed by atoms with van der Waals surface area (Å²) in [7, 11) is 1.59. The van der Waals surface area contributed by atoms with E-state index in [2.05, 4.69) is 141 Å². The highest BCUT2D eigenvalue weighted by Gasteiger charge is 2.32. The lowest BCUT2D eigenvalue weighted by molar-refractivity contribution is 0.0881. The van der Waals surface area contributed by atoms with Gasteiger partial charge in [0.1, 0.15) is 62.5 Å². The lowest BCUT2D eigenvalue weighted by Crippen LogP contribution is -2.40. The molecule has 4 aliphatic heterocycles. The summed E-state index contributed by atoms with van der Waals surface area (Å²) >= 11 is 0. The molecule has 0 unspecified atom stereocenters. The van der Waals surface area contributed by atoms with Crippen molar-refractivity contribution in [1.82, 2.24) is 80.6 Å². The summed E-state index contributed by atoms with van der Waals surface area (Å²) in [4.78, 5) is 87.2. The van der Waals surface area contributed by atoms with Gasteiger partial charge in [-0.15, -0.1) is 10.2 Å². The van der Waals surface area contributed by atoms with E-state index in [-0.39, 0.29) is 53.7 Å². The van der Waals surface area contributed by atoms with Gasteiger partial charge in [0.25, 0.3) is 11.8 Å². The standard InChI is InChI=1S/C26H29N7O3.C25H27FN4O3.C24H26FN5O3.C23H28N6O3/c1-17-12-18(26-32-30-16-35-26)15-29-25(17)31-19-2-4-21(5-3-19)36-23-14-20(33-8-10-34-11-9-33)13-22-24(23)28-7-6-27-22;26-21-4-2-1-3-20(21)25(31)29-17-5-7-19(8-6-17)33-23-16-18(30-11-13-32-14-12-30)15-22-24(23)28-10-9-27-22;25-19-2-1-7-27-22(19)24(31)29-16-3-5-18(6-4-16)33-21-15-17(30-10-12-32-13-11-30)14-20-23(21)28-9-8-26-20;1-30-22-15-26-21(14-27-22)28-16-2-4-18(5-3-16)32-20-13-17(29-8-10-31-11-9-29)12-19-23(20)25-7-6-24-19/h6-7,12-16,19,21H,2-5,8-11H2,1H3,(H,29,31);1-4,9-10,15-17,19H,5-8,11-14H2,(H,29,31);1-2,7-9,14-16,18H,3-6,10-13H2,(H,29,31);6-7,12-16,18H,2-5,8-11H2,1H3,(H,26,28). The van der Waals surface area contributed by atoms with Gasteiger partial charge in [-0.3, -0.25) is 29.5 Å². The first-order valence-corrected chi connectivity index (χ1v) is 46.4. The van der Waals surface area contributed by atoms with E-state index >= 15 is 0 Å². The molecule has 12 heterocycles. The van der Waals surface area contributed by atoms with E-state index in [9.17, 15) is 18.4 Å². The number of hydrogen-bond donors (Lipinski definition) is 4. The molecular formula is C98H110F2N22O12. The van der Waals surface area contributed by atoms with Crippen molar-refractivity contribution in [2.45, 2.75) is 158 Å². The molecule has 0 bridgehead atoms. The molecule has 8 fully saturated rings. The highest BCUT2D eigenvalue weighted by Crippen LogP contribution is 2.40. The third kappa shape index (κ3) is 23.4. The van der Waals surface area contributed by atoms with Crippen LogP contribution in [0, 0.1) is 18.6 Å². The Bertz CT molecular complexity index is 5890. The summed E-state index contributed by atoms with van der Waals surface area (Å²) in [5, 5.41) is 20.7. The van der Waals surface area contributed by atoms with E-state index < -0.39 is 17.5 Å². The predicted octanol–water partition coefficient (Wildman–Crippen LogP) is 13.9. The Hall–Kier alpha value is -13.6. The van der Waals surface area contributed by atoms with Crippen LogP contribution in [-0.4, -0.2) is 243 Å². The normalized spacial score (nSPS) is 21.0. The monoisotopic (exact) mass is 1820 g/mol. The number of fused-ring (bicyclic) bond motifs is 4. The highest BCUT2D eigenvalue weighted by atomic mass is 19.1. The van der Waals surface area contributed by atoms with Gasteiger partial charge in [-0.25, -0.2) is 48.7 Å². The fraction of sp³-hybridized carbons (Fsp3) is 0.429. The molecule has 0 spiro atoms. The molecule has 2 amide bonds. The number of nitrogens with zero attached hydrogens (tertiary/aromatic N) is 18. The number of methoxy groups -OCH3 is 1. The summed E-state index contributed by atoms with van der Waals surface area (Å²) in [6, 6.07) is 28.1. The van der Waals surface area contributed by atoms with E-state index in [0.29, 0.717) is 50.3 Å². The second-order valence-electron chi connectivity index (χ2n) is 34.4. The van der Waals surface area contributed by atoms with E-state index in [1.165, 1.54) is 36.9 Å². The van der Waals surface area contributed by atoms with Gasteiger partial charge in [0.05, 0.1) is 130 Å². The number of rotatable bonds is 22. The number of anilines is 6. The maximum Gasteiger partial charge on any atom is 0.273 e. The van der Waals surface area contributed by atoms with Crippen LogP contribution >= 0.6 is 0 Å². The molecule has 698 valence electrons. The molecule has 0 radical (unpaired) electrons. The van der Waals surface area contributed by atoms with Crippen LogP contribution in [0.25, 0.3) is 55.6 Å². The number of carbonyl (C=O) groups is 2. The fourth-order valence-corrected chi connectivity index (χ4v) is 18.3. The van der Waals surface area contributed by atoms with Gasteiger partial charge >= 0.3 is 0 Å². The lowest BCUT2D eigenvalue weighted by atomic mass is 9.92. The second kappa shape index (κ2) is 44.3. The minimum absolute atomic E-state index is 0.00757. The summed E-state index contributed by atoms with van der Waals surface area (Å²) in [6.45, 7) is 14.6. The Morgan fingerprint density at radius 2 is 0.776 bits per heavy atom. The number of pyridine rings is 2. The molecule has 13 aromatic rings. The zero-order valence-electron chi connectivity index (χ0n) is 75.1. The molecule has 8 aromatic heterocycles. The van der Waals surface area contributed by atoms with Crippen molar-refractivity contribution in [1.29, 1.82) is 0 Å². The molecule has 4 saturated carbocycles. The molecule has 21 rings (SSSR count). The summed E-state index contributed by atoms with van der Waals surface area (Å²) in [5.74, 6) is 3.80. The summed E-state index contributed by atoms with van der Waals surface area (Å²) < 4.78 is 85.9. The van der Waals surface area contributed by atoms with E-state index in [1.807, 2.05) is 31.2 Å². The molecule has 8 aliphatic rings. The van der Waals surface area contributed by atoms with Crippen molar-refractivity contribution in [2.24, 2.45) is 0 Å². The Morgan fingerprint density at radius 3 is 1.15 bits per heavy atom. The van der Waals surface area contributed by atoms with Crippen LogP contribution in [0.15, 0.2) is 176 Å². The first-order valence-electron chi connectivity index (χ1n) is 46.4. The van der Waals surface area contributed by atoms with Crippen molar-refractivity contribution >= 4 is 90.3 Å². The van der Waals surface area contributed by atoms with Crippen molar-refractivity contribution in [3.05, 3.63) is 200 Å². The van der Waals surface area contributed by atoms with Crippen LogP contribution in [0.5, 0.6) is 28.9 Å². The number of carbonyl (C=O) groups excluding carboxylic acids is 2. The molecule has 4 saturated heterocycles. The third-order valence-corrected chi connectivity index (χ3v) is 25.4. The van der Waals surface area contributed by atoms with Gasteiger partial charge in [0, 0.05) is 186 Å². The molecule has 4 aliphatic carbocycles. The molecule has 0 atom stereocenters. The molecule has 34 nitrogen and oxygen atoms in total. The number of halogens is 2. The Morgan fingerprint density at radius 1 is 0.388 bits per heavy atom. The SMILES string of the molecule is COc1cnc(NC2CCC(Oc3cc(N4CCOCC4)cc4nccnc34)CC2)cn1.Cc1cc(-c2nnco2)cnc1NC1CCC(Oc2cc(N3CCOCC3)cc3nccnc23)CC1.O=C(NC1CCC(Oc2cc(N3CCOCC3)cc3nccnc23)CC1)c1ccccc1F.O=C(NC1CCC(Oc2cc(N3CCOCC3)cc3nccnc23)CC1)c1ncccc1F. The first-order chi connectivity index (χ1) is 65.8. The summed E-state index contributed by atoms with van der Waals surface area (Å²) in [5.41, 5.74) is 12.6. The Labute approximate surface area is 773 Å². The molecule has 36 heteroatoms. The van der Waals surface area contributed by atoms with Gasteiger partial charge in [-0.05, 0) is 170 Å². The second-order valence-corrected chi connectivity index (χ2v) is 34.4. The molecular weight excluding hydrogens is 1720 g/mol. The van der Waals surface area contributed by atoms with Gasteiger partial charge in [-0.2, -0.15) is 0 Å². The van der Waals surface area contributed by atoms with Crippen LogP contribution in [-0.2, 0) is 18.9 Å². The number of hydrogen-bond acceptors (Lipinski definition) is 32. The van der Waals surface area contributed by atoms with Crippen LogP contribution in [0.1, 0.15) is 129 Å². The third-order valence-electron chi connectivity index (χ3n) is 25.4. The number of morpholine rings is 4. The highest BCUT2D eigenvalue weighted by molar-refractivity contribution is 5.95. The quantitative estimate of drug-likeness (QED) is 0.0489. The predicted molar refractivity (Wildman–Crippen MR) is 501 cm³/mol. The van der Waals surface area contributed by atoms with Crippen LogP contribution in [0.2, 0.25) is 0 Å². The average Bonchev–Trinajstić information content (AvgIpc) is 0.846. The topological polar surface area (TPSA) is 372 Å². The van der Waals surface area contributed by atoms with Gasteiger partial charge in [0.2, 0.25) is 18.2 Å². The lowest BCUT2D eigenvalue weighted by Gasteiger charge is -2.31. The van der Waals surface area contributed by atoms with Crippen molar-refractivity contribution in [2.75, 3.05) is 143 Å². The van der Waals surface area contributed by atoms with Crippen LogP contribution in [0.3, 0.4) is 0 Å². The first kappa shape index (κ1) is 90.9. The van der Waals surface area contributed by atoms with Crippen molar-refractivity contribution < 1.29 is 65.4 Å². The maximum atomic E-state index is 13.9. The molecule has 4 N–H and O–H groups in total. The number of nitrogens with one attached hydrogen (secondary N) is 4. The van der Waals surface area contributed by atoms with Crippen LogP contribution in [0.4, 0.5) is 43.2 Å². The number of benzene rings is 5. The number of amides is 2. The Kier molecular flexibility index (Phi) is 30.1. The van der Waals surface area contributed by atoms with Crippen molar-refractivity contribution in [3.8, 4) is 40.3 Å². The fourth-order valence-electron chi connectivity index (χ4n) is 18.3. The van der Waals surface area contributed by atoms with Crippen molar-refractivity contribution in [3.63, 3.8) is 0 Å². The average molecular weight is 1830 g/mol. The van der Waals surface area contributed by atoms with E-state index in [1.54, 1.807) is 87.4 Å². The smallest absolute Gasteiger partial charge is 0.273 e. The van der Waals surface area contributed by atoms with Gasteiger partial charge < -0.3 is 87.9 Å². The number of aryl methyl sites for hydroxylation is 1. The minimum atomic E-state index is -0.611. The van der Waals surface area contributed by atoms with E-state index in [0.717, 1.165) is 294 Å². The summed E-state index contributed by atoms with van der Waals surface area (Å²) in [6.07, 6.45) is 35.9. The number of ether oxygens (including phenoxy) is 9. The van der Waals surface area contributed by atoms with Gasteiger partial charge in [-0.1, -0.05) is 12.1 Å². The van der Waals surface area contributed by atoms with Crippen LogP contribution < -0.4 is 64.6 Å². The minimum Gasteiger partial charge on any atom is -0.488 e. The zero-order valence-corrected chi connectivity index (χ0v) is 75.1. The van der Waals surface area contributed by atoms with Gasteiger partial charge in [0.15, 0.2) is 11.5 Å². The largest absolute Gasteiger partial charge is 0.488 e. The Balaban J connectivity index is 0.000000120. The number of aromatic nitrogens is 14. The zero-order chi connectivity index (χ0) is 91.3. The molecule has 134 heavy (non-hydrogen) atoms. The molecule has 5 aromatic carbocycles. The maximum absolute atomic E-state index is 13.9. The van der Waals surface area contributed by atoms with E-state index in [4.69, 9.17) is 47.0 Å².